The molecular formula is C23H24N2O3S. The van der Waals surface area contributed by atoms with Gasteiger partial charge in [-0.3, -0.25) is 9.59 Å². The number of rotatable bonds is 8. The molecule has 0 N–H and O–H groups in total. The van der Waals surface area contributed by atoms with Gasteiger partial charge in [0.2, 0.25) is 5.91 Å². The van der Waals surface area contributed by atoms with Crippen LogP contribution in [-0.2, 0) is 27.3 Å². The number of hydrogen-bond acceptors (Lipinski definition) is 5. The summed E-state index contributed by atoms with van der Waals surface area (Å²) in [6, 6.07) is 19.7. The summed E-state index contributed by atoms with van der Waals surface area (Å²) in [5, 5.41) is 2.82. The number of carbonyl (C=O) groups excluding carboxylic acids is 2. The lowest BCUT2D eigenvalue weighted by atomic mass is 10.1. The van der Waals surface area contributed by atoms with Crippen molar-refractivity contribution in [2.75, 3.05) is 13.7 Å². The van der Waals surface area contributed by atoms with E-state index in [1.165, 1.54) is 18.4 Å². The first-order chi connectivity index (χ1) is 14.1. The van der Waals surface area contributed by atoms with Gasteiger partial charge in [0, 0.05) is 24.0 Å². The highest BCUT2D eigenvalue weighted by Gasteiger charge is 2.22. The van der Waals surface area contributed by atoms with Crippen molar-refractivity contribution >= 4 is 23.2 Å². The molecule has 29 heavy (non-hydrogen) atoms. The van der Waals surface area contributed by atoms with Crippen LogP contribution in [0.1, 0.15) is 18.2 Å². The largest absolute Gasteiger partial charge is 0.469 e. The molecule has 0 spiro atoms. The highest BCUT2D eigenvalue weighted by Crippen LogP contribution is 2.24. The summed E-state index contributed by atoms with van der Waals surface area (Å²) >= 11 is 1.53. The Morgan fingerprint density at radius 2 is 1.72 bits per heavy atom. The van der Waals surface area contributed by atoms with E-state index in [2.05, 4.69) is 4.98 Å². The fourth-order valence-electron chi connectivity index (χ4n) is 3.03. The second-order valence-electron chi connectivity index (χ2n) is 6.87. The number of hydrogen-bond donors (Lipinski definition) is 0. The van der Waals surface area contributed by atoms with Gasteiger partial charge >= 0.3 is 5.97 Å². The van der Waals surface area contributed by atoms with Crippen molar-refractivity contribution in [2.24, 2.45) is 5.92 Å². The maximum atomic E-state index is 13.0. The van der Waals surface area contributed by atoms with Crippen molar-refractivity contribution in [1.82, 2.24) is 9.88 Å². The fraction of sp³-hybridized carbons (Fsp3) is 0.261. The Labute approximate surface area is 175 Å². The molecule has 1 atom stereocenters. The smallest absolute Gasteiger partial charge is 0.310 e. The molecule has 0 bridgehead atoms. The average Bonchev–Trinajstić information content (AvgIpc) is 3.22. The quantitative estimate of drug-likeness (QED) is 0.525. The minimum Gasteiger partial charge on any atom is -0.469 e. The molecule has 1 heterocycles. The van der Waals surface area contributed by atoms with Crippen LogP contribution in [0.2, 0.25) is 0 Å². The summed E-state index contributed by atoms with van der Waals surface area (Å²) in [7, 11) is 1.36. The van der Waals surface area contributed by atoms with E-state index in [0.29, 0.717) is 13.1 Å². The number of thiazole rings is 1. The third-order valence-electron chi connectivity index (χ3n) is 4.57. The first kappa shape index (κ1) is 20.7. The number of ether oxygens (including phenoxy) is 1. The van der Waals surface area contributed by atoms with Crippen LogP contribution < -0.4 is 0 Å². The summed E-state index contributed by atoms with van der Waals surface area (Å²) in [6.45, 7) is 2.51. The molecule has 0 aliphatic heterocycles. The lowest BCUT2D eigenvalue weighted by molar-refractivity contribution is -0.146. The highest BCUT2D eigenvalue weighted by atomic mass is 32.1. The number of esters is 1. The maximum absolute atomic E-state index is 13.0. The molecule has 2 aromatic carbocycles. The summed E-state index contributed by atoms with van der Waals surface area (Å²) in [4.78, 5) is 31.2. The van der Waals surface area contributed by atoms with E-state index in [-0.39, 0.29) is 18.3 Å². The number of carbonyl (C=O) groups is 2. The average molecular weight is 409 g/mol. The van der Waals surface area contributed by atoms with Crippen LogP contribution in [0.15, 0.2) is 66.0 Å². The molecule has 150 valence electrons. The predicted octanol–water partition coefficient (Wildman–Crippen LogP) is 4.19. The zero-order valence-electron chi connectivity index (χ0n) is 16.6. The van der Waals surface area contributed by atoms with E-state index in [1.807, 2.05) is 66.0 Å². The second-order valence-corrected chi connectivity index (χ2v) is 7.73. The van der Waals surface area contributed by atoms with Crippen molar-refractivity contribution in [3.05, 3.63) is 77.3 Å². The molecule has 0 aliphatic rings. The van der Waals surface area contributed by atoms with E-state index in [4.69, 9.17) is 4.74 Å². The van der Waals surface area contributed by atoms with Gasteiger partial charge in [-0.2, -0.15) is 0 Å². The molecular weight excluding hydrogens is 384 g/mol. The minimum atomic E-state index is -0.400. The van der Waals surface area contributed by atoms with Crippen molar-refractivity contribution in [3.63, 3.8) is 0 Å². The molecule has 0 aliphatic carbocycles. The lowest BCUT2D eigenvalue weighted by Crippen LogP contribution is -2.37. The van der Waals surface area contributed by atoms with E-state index in [9.17, 15) is 9.59 Å². The Hall–Kier alpha value is -2.99. The zero-order valence-corrected chi connectivity index (χ0v) is 17.4. The van der Waals surface area contributed by atoms with Gasteiger partial charge in [-0.1, -0.05) is 67.6 Å². The topological polar surface area (TPSA) is 59.5 Å². The van der Waals surface area contributed by atoms with Gasteiger partial charge in [0.05, 0.1) is 25.1 Å². The number of benzene rings is 2. The Kier molecular flexibility index (Phi) is 7.14. The van der Waals surface area contributed by atoms with Crippen LogP contribution in [-0.4, -0.2) is 35.4 Å². The van der Waals surface area contributed by atoms with Gasteiger partial charge in [0.15, 0.2) is 0 Å². The molecule has 1 unspecified atom stereocenters. The Morgan fingerprint density at radius 1 is 1.07 bits per heavy atom. The third-order valence-corrected chi connectivity index (χ3v) is 5.51. The first-order valence-electron chi connectivity index (χ1n) is 9.46. The molecule has 3 rings (SSSR count). The molecule has 3 aromatic rings. The molecule has 0 radical (unpaired) electrons. The normalized spacial score (nSPS) is 11.7. The molecule has 6 heteroatoms. The maximum Gasteiger partial charge on any atom is 0.310 e. The molecule has 0 saturated carbocycles. The van der Waals surface area contributed by atoms with E-state index < -0.39 is 5.92 Å². The van der Waals surface area contributed by atoms with Crippen LogP contribution in [0.25, 0.3) is 10.6 Å². The van der Waals surface area contributed by atoms with Gasteiger partial charge in [-0.15, -0.1) is 11.3 Å². The van der Waals surface area contributed by atoms with Crippen LogP contribution >= 0.6 is 11.3 Å². The molecule has 0 fully saturated rings. The summed E-state index contributed by atoms with van der Waals surface area (Å²) in [5.74, 6) is -0.784. The Bertz CT molecular complexity index is 941. The van der Waals surface area contributed by atoms with Gasteiger partial charge in [0.1, 0.15) is 5.01 Å². The molecule has 1 amide bonds. The minimum absolute atomic E-state index is 0.0606. The number of methoxy groups -OCH3 is 1. The van der Waals surface area contributed by atoms with Crippen LogP contribution in [0, 0.1) is 5.92 Å². The molecule has 1 aromatic heterocycles. The summed E-state index contributed by atoms with van der Waals surface area (Å²) < 4.78 is 4.83. The van der Waals surface area contributed by atoms with E-state index in [0.717, 1.165) is 21.8 Å². The van der Waals surface area contributed by atoms with Gasteiger partial charge in [0.25, 0.3) is 0 Å². The zero-order chi connectivity index (χ0) is 20.6. The Balaban J connectivity index is 1.73. The van der Waals surface area contributed by atoms with Gasteiger partial charge in [-0.05, 0) is 5.56 Å². The standard InChI is InChI=1S/C23H24N2O3S/c1-17(23(27)28-2)14-25(15-18-9-5-3-6-10-18)21(26)13-20-16-29-22(24-20)19-11-7-4-8-12-19/h3-12,16-17H,13-15H2,1-2H3. The van der Waals surface area contributed by atoms with Crippen LogP contribution in [0.4, 0.5) is 0 Å². The Morgan fingerprint density at radius 3 is 2.38 bits per heavy atom. The van der Waals surface area contributed by atoms with Crippen molar-refractivity contribution in [1.29, 1.82) is 0 Å². The molecule has 0 saturated heterocycles. The molecule has 5 nitrogen and oxygen atoms in total. The van der Waals surface area contributed by atoms with E-state index in [1.54, 1.807) is 11.8 Å². The fourth-order valence-corrected chi connectivity index (χ4v) is 3.86. The number of amides is 1. The lowest BCUT2D eigenvalue weighted by Gasteiger charge is -2.25. The van der Waals surface area contributed by atoms with Crippen molar-refractivity contribution in [2.45, 2.75) is 19.9 Å². The summed E-state index contributed by atoms with van der Waals surface area (Å²) in [5.41, 5.74) is 2.79. The SMILES string of the molecule is COC(=O)C(C)CN(Cc1ccccc1)C(=O)Cc1csc(-c2ccccc2)n1. The first-order valence-corrected chi connectivity index (χ1v) is 10.3. The van der Waals surface area contributed by atoms with Gasteiger partial charge in [-0.25, -0.2) is 4.98 Å². The van der Waals surface area contributed by atoms with Crippen molar-refractivity contribution in [3.8, 4) is 10.6 Å². The third kappa shape index (κ3) is 5.74. The monoisotopic (exact) mass is 408 g/mol. The van der Waals surface area contributed by atoms with E-state index >= 15 is 0 Å². The van der Waals surface area contributed by atoms with Crippen LogP contribution in [0.5, 0.6) is 0 Å². The van der Waals surface area contributed by atoms with Crippen LogP contribution in [0.3, 0.4) is 0 Å². The van der Waals surface area contributed by atoms with Gasteiger partial charge < -0.3 is 9.64 Å². The second kappa shape index (κ2) is 9.98. The highest BCUT2D eigenvalue weighted by molar-refractivity contribution is 7.13. The van der Waals surface area contributed by atoms with Crippen molar-refractivity contribution < 1.29 is 14.3 Å². The summed E-state index contributed by atoms with van der Waals surface area (Å²) in [6.07, 6.45) is 0.198. The number of nitrogens with zero attached hydrogens (tertiary/aromatic N) is 2. The number of aromatic nitrogens is 1. The predicted molar refractivity (Wildman–Crippen MR) is 114 cm³/mol.